The molecule has 0 spiro atoms. The van der Waals surface area contributed by atoms with Crippen LogP contribution >= 0.6 is 0 Å². The maximum absolute atomic E-state index is 6.57. The normalized spacial score (nSPS) is 11.3. The van der Waals surface area contributed by atoms with Crippen LogP contribution in [0.25, 0.3) is 77.5 Å². The van der Waals surface area contributed by atoms with Gasteiger partial charge in [0.2, 0.25) is 5.89 Å². The minimum atomic E-state index is 0.627. The molecule has 54 heavy (non-hydrogen) atoms. The lowest BCUT2D eigenvalue weighted by Crippen LogP contribution is -2.10. The zero-order valence-electron chi connectivity index (χ0n) is 29.4. The van der Waals surface area contributed by atoms with Crippen molar-refractivity contribution in [3.63, 3.8) is 0 Å². The summed E-state index contributed by atoms with van der Waals surface area (Å²) in [5.74, 6) is 0.627. The summed E-state index contributed by atoms with van der Waals surface area (Å²) in [7, 11) is 0. The standard InChI is InChI=1S/C51H34N2O/c1-4-13-35(14-5-1)37-25-28-44(29-26-37)53(45-21-12-20-39(32-45)36-15-6-2-7-16-36)46-30-27-40-31-43(24-23-41(40)33-46)48-34-42-19-10-11-22-47(42)49-50(48)54-51(52-49)38-17-8-3-9-18-38/h1-34H. The maximum Gasteiger partial charge on any atom is 0.227 e. The van der Waals surface area contributed by atoms with Crippen molar-refractivity contribution in [1.82, 2.24) is 4.98 Å². The Balaban J connectivity index is 1.08. The molecule has 0 aliphatic heterocycles. The second-order valence-corrected chi connectivity index (χ2v) is 13.6. The van der Waals surface area contributed by atoms with Crippen molar-refractivity contribution in [3.8, 4) is 44.8 Å². The molecule has 0 radical (unpaired) electrons. The van der Waals surface area contributed by atoms with Gasteiger partial charge in [0, 0.05) is 33.6 Å². The van der Waals surface area contributed by atoms with Crippen molar-refractivity contribution in [1.29, 1.82) is 0 Å². The van der Waals surface area contributed by atoms with E-state index in [0.717, 1.165) is 66.4 Å². The second-order valence-electron chi connectivity index (χ2n) is 13.6. The summed E-state index contributed by atoms with van der Waals surface area (Å²) < 4.78 is 6.57. The van der Waals surface area contributed by atoms with Gasteiger partial charge in [0.05, 0.1) is 0 Å². The fourth-order valence-electron chi connectivity index (χ4n) is 7.54. The lowest BCUT2D eigenvalue weighted by molar-refractivity contribution is 0.621. The fourth-order valence-corrected chi connectivity index (χ4v) is 7.54. The van der Waals surface area contributed by atoms with Crippen LogP contribution in [0.5, 0.6) is 0 Å². The van der Waals surface area contributed by atoms with Gasteiger partial charge in [0.1, 0.15) is 5.52 Å². The summed E-state index contributed by atoms with van der Waals surface area (Å²) in [6, 6.07) is 73.0. The van der Waals surface area contributed by atoms with Gasteiger partial charge in [-0.1, -0.05) is 146 Å². The first-order valence-corrected chi connectivity index (χ1v) is 18.3. The summed E-state index contributed by atoms with van der Waals surface area (Å²) in [5, 5.41) is 4.52. The molecule has 1 aromatic heterocycles. The highest BCUT2D eigenvalue weighted by atomic mass is 16.3. The summed E-state index contributed by atoms with van der Waals surface area (Å²) in [6.07, 6.45) is 0. The number of nitrogens with zero attached hydrogens (tertiary/aromatic N) is 2. The molecule has 0 unspecified atom stereocenters. The maximum atomic E-state index is 6.57. The first-order chi connectivity index (χ1) is 26.7. The summed E-state index contributed by atoms with van der Waals surface area (Å²) in [6.45, 7) is 0. The Hall–Kier alpha value is -7.23. The van der Waals surface area contributed by atoms with Crippen LogP contribution in [-0.2, 0) is 0 Å². The Labute approximate surface area is 314 Å². The summed E-state index contributed by atoms with van der Waals surface area (Å²) in [5.41, 5.74) is 12.8. The van der Waals surface area contributed by atoms with E-state index in [1.165, 1.54) is 22.3 Å². The molecule has 0 aliphatic carbocycles. The van der Waals surface area contributed by atoms with Crippen molar-refractivity contribution < 1.29 is 4.42 Å². The number of hydrogen-bond acceptors (Lipinski definition) is 3. The van der Waals surface area contributed by atoms with Crippen LogP contribution < -0.4 is 4.90 Å². The van der Waals surface area contributed by atoms with E-state index in [1.54, 1.807) is 0 Å². The van der Waals surface area contributed by atoms with Crippen molar-refractivity contribution in [2.24, 2.45) is 0 Å². The monoisotopic (exact) mass is 690 g/mol. The average molecular weight is 691 g/mol. The van der Waals surface area contributed by atoms with Crippen molar-refractivity contribution in [2.75, 3.05) is 4.90 Å². The Morgan fingerprint density at radius 1 is 0.352 bits per heavy atom. The molecule has 0 aliphatic rings. The van der Waals surface area contributed by atoms with E-state index in [9.17, 15) is 0 Å². The smallest absolute Gasteiger partial charge is 0.227 e. The molecule has 0 fully saturated rings. The second kappa shape index (κ2) is 13.4. The predicted molar refractivity (Wildman–Crippen MR) is 225 cm³/mol. The number of benzene rings is 9. The lowest BCUT2D eigenvalue weighted by Gasteiger charge is -2.26. The van der Waals surface area contributed by atoms with Crippen molar-refractivity contribution >= 4 is 49.7 Å². The van der Waals surface area contributed by atoms with Gasteiger partial charge in [-0.3, -0.25) is 0 Å². The molecule has 0 saturated heterocycles. The molecule has 9 aromatic carbocycles. The first-order valence-electron chi connectivity index (χ1n) is 18.3. The van der Waals surface area contributed by atoms with E-state index in [4.69, 9.17) is 9.40 Å². The number of oxazole rings is 1. The number of aromatic nitrogens is 1. The van der Waals surface area contributed by atoms with Crippen LogP contribution in [0.15, 0.2) is 211 Å². The van der Waals surface area contributed by atoms with Gasteiger partial charge >= 0.3 is 0 Å². The van der Waals surface area contributed by atoms with E-state index in [0.29, 0.717) is 5.89 Å². The molecule has 10 rings (SSSR count). The van der Waals surface area contributed by atoms with Gasteiger partial charge < -0.3 is 9.32 Å². The third kappa shape index (κ3) is 5.78. The molecule has 10 aromatic rings. The Kier molecular flexibility index (Phi) is 7.81. The Morgan fingerprint density at radius 2 is 0.907 bits per heavy atom. The van der Waals surface area contributed by atoms with E-state index in [-0.39, 0.29) is 0 Å². The van der Waals surface area contributed by atoms with Crippen LogP contribution in [0, 0.1) is 0 Å². The van der Waals surface area contributed by atoms with Crippen LogP contribution in [0.1, 0.15) is 0 Å². The molecule has 254 valence electrons. The van der Waals surface area contributed by atoms with Crippen LogP contribution in [0.2, 0.25) is 0 Å². The molecule has 3 nitrogen and oxygen atoms in total. The average Bonchev–Trinajstić information content (AvgIpc) is 3.71. The number of fused-ring (bicyclic) bond motifs is 4. The molecular formula is C51H34N2O. The first kappa shape index (κ1) is 31.5. The van der Waals surface area contributed by atoms with E-state index >= 15 is 0 Å². The number of rotatable bonds is 7. The molecule has 1 heterocycles. The van der Waals surface area contributed by atoms with Gasteiger partial charge in [-0.25, -0.2) is 4.98 Å². The third-order valence-electron chi connectivity index (χ3n) is 10.2. The lowest BCUT2D eigenvalue weighted by atomic mass is 9.97. The van der Waals surface area contributed by atoms with Crippen molar-refractivity contribution in [2.45, 2.75) is 0 Å². The molecule has 0 bridgehead atoms. The number of hydrogen-bond donors (Lipinski definition) is 0. The molecule has 0 amide bonds. The summed E-state index contributed by atoms with van der Waals surface area (Å²) >= 11 is 0. The van der Waals surface area contributed by atoms with Gasteiger partial charge in [0.25, 0.3) is 0 Å². The third-order valence-corrected chi connectivity index (χ3v) is 10.2. The summed E-state index contributed by atoms with van der Waals surface area (Å²) in [4.78, 5) is 7.37. The van der Waals surface area contributed by atoms with Gasteiger partial charge in [0.15, 0.2) is 5.58 Å². The SMILES string of the molecule is c1ccc(-c2ccc(N(c3cccc(-c4ccccc4)c3)c3ccc4cc(-c5cc6ccccc6c6nc(-c7ccccc7)oc56)ccc4c3)cc2)cc1. The minimum absolute atomic E-state index is 0.627. The Bertz CT molecular complexity index is 2920. The molecule has 0 atom stereocenters. The highest BCUT2D eigenvalue weighted by Crippen LogP contribution is 2.41. The van der Waals surface area contributed by atoms with Crippen LogP contribution in [0.3, 0.4) is 0 Å². The van der Waals surface area contributed by atoms with E-state index in [1.807, 2.05) is 30.3 Å². The van der Waals surface area contributed by atoms with Crippen molar-refractivity contribution in [3.05, 3.63) is 206 Å². The predicted octanol–water partition coefficient (Wildman–Crippen LogP) is 14.3. The Morgan fingerprint density at radius 3 is 1.67 bits per heavy atom. The zero-order valence-corrected chi connectivity index (χ0v) is 29.4. The number of anilines is 3. The molecule has 3 heteroatoms. The highest BCUT2D eigenvalue weighted by Gasteiger charge is 2.18. The van der Waals surface area contributed by atoms with Crippen LogP contribution in [0.4, 0.5) is 17.1 Å². The van der Waals surface area contributed by atoms with E-state index < -0.39 is 0 Å². The molecule has 0 saturated carbocycles. The van der Waals surface area contributed by atoms with Crippen LogP contribution in [-0.4, -0.2) is 4.98 Å². The van der Waals surface area contributed by atoms with Gasteiger partial charge in [-0.2, -0.15) is 0 Å². The molecular weight excluding hydrogens is 657 g/mol. The topological polar surface area (TPSA) is 29.3 Å². The van der Waals surface area contributed by atoms with E-state index in [2.05, 4.69) is 181 Å². The fraction of sp³-hybridized carbons (Fsp3) is 0. The highest BCUT2D eigenvalue weighted by molar-refractivity contribution is 6.11. The zero-order chi connectivity index (χ0) is 35.8. The quantitative estimate of drug-likeness (QED) is 0.167. The molecule has 0 N–H and O–H groups in total. The minimum Gasteiger partial charge on any atom is -0.435 e. The van der Waals surface area contributed by atoms with Gasteiger partial charge in [-0.15, -0.1) is 0 Å². The largest absolute Gasteiger partial charge is 0.435 e. The van der Waals surface area contributed by atoms with Gasteiger partial charge in [-0.05, 0) is 105 Å².